The van der Waals surface area contributed by atoms with E-state index in [9.17, 15) is 4.79 Å². The monoisotopic (exact) mass is 330 g/mol. The van der Waals surface area contributed by atoms with Gasteiger partial charge in [0.15, 0.2) is 5.13 Å². The van der Waals surface area contributed by atoms with Crippen LogP contribution in [0.15, 0.2) is 40.8 Å². The maximum atomic E-state index is 11.9. The van der Waals surface area contributed by atoms with Crippen LogP contribution < -0.4 is 10.3 Å². The fraction of sp³-hybridized carbons (Fsp3) is 0.312. The lowest BCUT2D eigenvalue weighted by atomic mass is 10.2. The Hall–Kier alpha value is -2.25. The first kappa shape index (κ1) is 15.6. The second kappa shape index (κ2) is 7.85. The first-order valence-electron chi connectivity index (χ1n) is 7.45. The Balaban J connectivity index is 1.50. The molecule has 1 N–H and O–H groups in total. The molecule has 2 aromatic rings. The van der Waals surface area contributed by atoms with Crippen LogP contribution in [0.3, 0.4) is 0 Å². The van der Waals surface area contributed by atoms with Gasteiger partial charge in [-0.05, 0) is 5.56 Å². The number of nitrogens with zero attached hydrogens (tertiary/aromatic N) is 3. The van der Waals surface area contributed by atoms with Crippen molar-refractivity contribution in [1.29, 1.82) is 0 Å². The van der Waals surface area contributed by atoms with Crippen molar-refractivity contribution in [2.75, 3.05) is 31.2 Å². The molecule has 6 nitrogen and oxygen atoms in total. The average Bonchev–Trinajstić information content (AvgIpc) is 3.05. The first-order valence-corrected chi connectivity index (χ1v) is 8.33. The smallest absolute Gasteiger partial charge is 0.246 e. The molecule has 1 fully saturated rings. The van der Waals surface area contributed by atoms with Crippen molar-refractivity contribution < 1.29 is 9.53 Å². The summed E-state index contributed by atoms with van der Waals surface area (Å²) >= 11 is 1.56. The number of aromatic nitrogens is 1. The molecule has 1 aromatic heterocycles. The van der Waals surface area contributed by atoms with E-state index in [0.29, 0.717) is 0 Å². The fourth-order valence-electron chi connectivity index (χ4n) is 2.20. The minimum Gasteiger partial charge on any atom is -0.378 e. The van der Waals surface area contributed by atoms with Crippen LogP contribution in [0.4, 0.5) is 5.13 Å². The van der Waals surface area contributed by atoms with E-state index < -0.39 is 0 Å². The molecule has 0 bridgehead atoms. The lowest BCUT2D eigenvalue weighted by Crippen LogP contribution is -2.36. The number of hydrogen-bond donors (Lipinski definition) is 1. The summed E-state index contributed by atoms with van der Waals surface area (Å²) in [5.74, 6) is -0.170. The Morgan fingerprint density at radius 3 is 2.91 bits per heavy atom. The Kier molecular flexibility index (Phi) is 5.33. The van der Waals surface area contributed by atoms with E-state index in [1.54, 1.807) is 17.6 Å². The molecule has 120 valence electrons. The number of morpholine rings is 1. The van der Waals surface area contributed by atoms with Crippen molar-refractivity contribution >= 4 is 28.6 Å². The number of rotatable bonds is 5. The largest absolute Gasteiger partial charge is 0.378 e. The molecule has 1 saturated heterocycles. The van der Waals surface area contributed by atoms with Gasteiger partial charge < -0.3 is 9.64 Å². The Bertz CT molecular complexity index is 666. The molecule has 0 aliphatic carbocycles. The second-order valence-electron chi connectivity index (χ2n) is 5.10. The highest BCUT2D eigenvalue weighted by molar-refractivity contribution is 7.13. The van der Waals surface area contributed by atoms with Gasteiger partial charge in [0.25, 0.3) is 0 Å². The normalized spacial score (nSPS) is 15.0. The molecule has 2 heterocycles. The van der Waals surface area contributed by atoms with Crippen molar-refractivity contribution in [3.05, 3.63) is 47.0 Å². The molecule has 7 heteroatoms. The zero-order valence-electron chi connectivity index (χ0n) is 12.6. The SMILES string of the molecule is O=C(Cc1csc(N2CCOCC2)n1)N/N=C\c1ccccc1. The van der Waals surface area contributed by atoms with Crippen LogP contribution in [0.5, 0.6) is 0 Å². The van der Waals surface area contributed by atoms with E-state index in [1.807, 2.05) is 35.7 Å². The highest BCUT2D eigenvalue weighted by Crippen LogP contribution is 2.21. The van der Waals surface area contributed by atoms with E-state index in [2.05, 4.69) is 20.4 Å². The van der Waals surface area contributed by atoms with Crippen molar-refractivity contribution in [2.24, 2.45) is 5.10 Å². The van der Waals surface area contributed by atoms with Gasteiger partial charge in [0, 0.05) is 18.5 Å². The number of thiazole rings is 1. The number of carbonyl (C=O) groups is 1. The molecule has 0 radical (unpaired) electrons. The minimum absolute atomic E-state index is 0.170. The van der Waals surface area contributed by atoms with Gasteiger partial charge in [-0.1, -0.05) is 30.3 Å². The van der Waals surface area contributed by atoms with E-state index in [4.69, 9.17) is 4.74 Å². The molecule has 0 spiro atoms. The average molecular weight is 330 g/mol. The van der Waals surface area contributed by atoms with Crippen LogP contribution in [0, 0.1) is 0 Å². The van der Waals surface area contributed by atoms with Crippen LogP contribution in [0.25, 0.3) is 0 Å². The third-order valence-electron chi connectivity index (χ3n) is 3.37. The van der Waals surface area contributed by atoms with Gasteiger partial charge in [-0.3, -0.25) is 4.79 Å². The molecule has 0 unspecified atom stereocenters. The Labute approximate surface area is 138 Å². The first-order chi connectivity index (χ1) is 11.3. The highest BCUT2D eigenvalue weighted by atomic mass is 32.1. The quantitative estimate of drug-likeness (QED) is 0.669. The zero-order valence-corrected chi connectivity index (χ0v) is 13.5. The molecule has 0 saturated carbocycles. The molecular formula is C16H18N4O2S. The van der Waals surface area contributed by atoms with E-state index in [-0.39, 0.29) is 12.3 Å². The number of anilines is 1. The summed E-state index contributed by atoms with van der Waals surface area (Å²) in [6, 6.07) is 9.62. The number of hydrogen-bond acceptors (Lipinski definition) is 6. The zero-order chi connectivity index (χ0) is 15.9. The van der Waals surface area contributed by atoms with E-state index in [0.717, 1.165) is 42.7 Å². The fourth-order valence-corrected chi connectivity index (χ4v) is 3.08. The van der Waals surface area contributed by atoms with Gasteiger partial charge in [0.05, 0.1) is 31.5 Å². The van der Waals surface area contributed by atoms with Crippen LogP contribution in [-0.4, -0.2) is 43.4 Å². The van der Waals surface area contributed by atoms with Gasteiger partial charge in [0.1, 0.15) is 0 Å². The van der Waals surface area contributed by atoms with Crippen LogP contribution in [0.1, 0.15) is 11.3 Å². The van der Waals surface area contributed by atoms with Crippen LogP contribution >= 0.6 is 11.3 Å². The van der Waals surface area contributed by atoms with Crippen molar-refractivity contribution in [3.63, 3.8) is 0 Å². The van der Waals surface area contributed by atoms with Crippen molar-refractivity contribution in [1.82, 2.24) is 10.4 Å². The summed E-state index contributed by atoms with van der Waals surface area (Å²) in [7, 11) is 0. The topological polar surface area (TPSA) is 66.8 Å². The van der Waals surface area contributed by atoms with Gasteiger partial charge in [0.2, 0.25) is 5.91 Å². The molecular weight excluding hydrogens is 312 g/mol. The Morgan fingerprint density at radius 2 is 2.13 bits per heavy atom. The standard InChI is InChI=1S/C16H18N4O2S/c21-15(19-17-11-13-4-2-1-3-5-13)10-14-12-23-16(18-14)20-6-8-22-9-7-20/h1-5,11-12H,6-10H2,(H,19,21)/b17-11-. The van der Waals surface area contributed by atoms with Gasteiger partial charge in [-0.25, -0.2) is 10.4 Å². The predicted octanol–water partition coefficient (Wildman–Crippen LogP) is 1.67. The lowest BCUT2D eigenvalue weighted by molar-refractivity contribution is -0.120. The minimum atomic E-state index is -0.170. The summed E-state index contributed by atoms with van der Waals surface area (Å²) in [5.41, 5.74) is 4.24. The summed E-state index contributed by atoms with van der Waals surface area (Å²) in [5, 5.41) is 6.83. The second-order valence-corrected chi connectivity index (χ2v) is 5.94. The summed E-state index contributed by atoms with van der Waals surface area (Å²) in [4.78, 5) is 18.6. The molecule has 1 amide bonds. The summed E-state index contributed by atoms with van der Waals surface area (Å²) in [6.07, 6.45) is 1.85. The number of nitrogens with one attached hydrogen (secondary N) is 1. The Morgan fingerprint density at radius 1 is 1.35 bits per heavy atom. The maximum absolute atomic E-state index is 11.9. The van der Waals surface area contributed by atoms with Crippen LogP contribution in [-0.2, 0) is 16.0 Å². The van der Waals surface area contributed by atoms with Gasteiger partial charge in [-0.2, -0.15) is 5.10 Å². The maximum Gasteiger partial charge on any atom is 0.246 e. The highest BCUT2D eigenvalue weighted by Gasteiger charge is 2.15. The number of ether oxygens (including phenoxy) is 1. The molecule has 1 aliphatic heterocycles. The van der Waals surface area contributed by atoms with E-state index >= 15 is 0 Å². The van der Waals surface area contributed by atoms with Gasteiger partial charge in [-0.15, -0.1) is 11.3 Å². The number of amides is 1. The molecule has 3 rings (SSSR count). The molecule has 1 aromatic carbocycles. The number of hydrazone groups is 1. The predicted molar refractivity (Wildman–Crippen MR) is 91.0 cm³/mol. The van der Waals surface area contributed by atoms with Crippen molar-refractivity contribution in [3.8, 4) is 0 Å². The third kappa shape index (κ3) is 4.61. The number of benzene rings is 1. The molecule has 23 heavy (non-hydrogen) atoms. The molecule has 1 aliphatic rings. The van der Waals surface area contributed by atoms with Gasteiger partial charge >= 0.3 is 0 Å². The summed E-state index contributed by atoms with van der Waals surface area (Å²) in [6.45, 7) is 3.15. The van der Waals surface area contributed by atoms with Crippen LogP contribution in [0.2, 0.25) is 0 Å². The third-order valence-corrected chi connectivity index (χ3v) is 4.32. The lowest BCUT2D eigenvalue weighted by Gasteiger charge is -2.26. The van der Waals surface area contributed by atoms with E-state index in [1.165, 1.54) is 0 Å². The number of carbonyl (C=O) groups excluding carboxylic acids is 1. The summed E-state index contributed by atoms with van der Waals surface area (Å²) < 4.78 is 5.33. The van der Waals surface area contributed by atoms with Crippen molar-refractivity contribution in [2.45, 2.75) is 6.42 Å². The molecule has 0 atom stereocenters.